The van der Waals surface area contributed by atoms with Crippen molar-refractivity contribution in [1.29, 1.82) is 0 Å². The fourth-order valence-electron chi connectivity index (χ4n) is 3.01. The molecule has 2 heterocycles. The largest absolute Gasteiger partial charge is 0.339 e. The minimum absolute atomic E-state index is 0.126. The van der Waals surface area contributed by atoms with Gasteiger partial charge in [0.25, 0.3) is 5.91 Å². The number of H-pyrrole nitrogens is 1. The molecule has 1 amide bonds. The van der Waals surface area contributed by atoms with E-state index in [4.69, 9.17) is 0 Å². The second-order valence-corrected chi connectivity index (χ2v) is 5.87. The zero-order chi connectivity index (χ0) is 16.5. The van der Waals surface area contributed by atoms with E-state index in [2.05, 4.69) is 14.9 Å². The van der Waals surface area contributed by atoms with E-state index in [0.29, 0.717) is 31.7 Å². The number of hydrogen-bond donors (Lipinski definition) is 1. The van der Waals surface area contributed by atoms with E-state index in [9.17, 15) is 9.18 Å². The highest BCUT2D eigenvalue weighted by Crippen LogP contribution is 2.19. The fraction of sp³-hybridized carbons (Fsp3) is 0.222. The highest BCUT2D eigenvalue weighted by Gasteiger charge is 2.23. The molecule has 2 aromatic carbocycles. The first-order valence-corrected chi connectivity index (χ1v) is 7.95. The summed E-state index contributed by atoms with van der Waals surface area (Å²) in [6.07, 6.45) is 0. The van der Waals surface area contributed by atoms with Crippen molar-refractivity contribution < 1.29 is 9.18 Å². The van der Waals surface area contributed by atoms with Crippen LogP contribution in [-0.4, -0.2) is 47.0 Å². The van der Waals surface area contributed by atoms with Crippen molar-refractivity contribution in [2.24, 2.45) is 0 Å². The molecule has 1 aliphatic heterocycles. The Labute approximate surface area is 138 Å². The van der Waals surface area contributed by atoms with Crippen molar-refractivity contribution in [3.8, 4) is 0 Å². The summed E-state index contributed by atoms with van der Waals surface area (Å²) in [6, 6.07) is 13.7. The van der Waals surface area contributed by atoms with Gasteiger partial charge in [0.1, 0.15) is 5.82 Å². The number of halogens is 1. The molecule has 0 saturated carbocycles. The van der Waals surface area contributed by atoms with Crippen LogP contribution in [0.3, 0.4) is 0 Å². The number of aromatic nitrogens is 2. The number of nitrogens with zero attached hydrogens (tertiary/aromatic N) is 3. The number of carbonyl (C=O) groups excluding carboxylic acids is 1. The van der Waals surface area contributed by atoms with Gasteiger partial charge in [0, 0.05) is 31.7 Å². The summed E-state index contributed by atoms with van der Waals surface area (Å²) in [4.78, 5) is 24.2. The van der Waals surface area contributed by atoms with Crippen LogP contribution < -0.4 is 4.90 Å². The maximum atomic E-state index is 13.3. The Morgan fingerprint density at radius 1 is 1.04 bits per heavy atom. The van der Waals surface area contributed by atoms with Crippen LogP contribution >= 0.6 is 0 Å². The molecule has 0 radical (unpaired) electrons. The third-order valence-corrected chi connectivity index (χ3v) is 4.31. The molecule has 1 aromatic heterocycles. The number of nitrogens with one attached hydrogen (secondary N) is 1. The van der Waals surface area contributed by atoms with Crippen molar-refractivity contribution in [1.82, 2.24) is 14.9 Å². The minimum atomic E-state index is -0.387. The van der Waals surface area contributed by atoms with Crippen LogP contribution in [0.5, 0.6) is 0 Å². The lowest BCUT2D eigenvalue weighted by molar-refractivity contribution is 0.0746. The number of benzene rings is 2. The Kier molecular flexibility index (Phi) is 3.65. The summed E-state index contributed by atoms with van der Waals surface area (Å²) in [5.74, 6) is 0.314. The van der Waals surface area contributed by atoms with E-state index in [-0.39, 0.29) is 11.7 Å². The lowest BCUT2D eigenvalue weighted by Gasteiger charge is -2.34. The number of fused-ring (bicyclic) bond motifs is 1. The molecule has 122 valence electrons. The van der Waals surface area contributed by atoms with Gasteiger partial charge >= 0.3 is 0 Å². The van der Waals surface area contributed by atoms with Gasteiger partial charge in [-0.15, -0.1) is 0 Å². The zero-order valence-electron chi connectivity index (χ0n) is 13.1. The third-order valence-electron chi connectivity index (χ3n) is 4.31. The summed E-state index contributed by atoms with van der Waals surface area (Å²) < 4.78 is 13.3. The van der Waals surface area contributed by atoms with Gasteiger partial charge in [-0.3, -0.25) is 4.79 Å². The lowest BCUT2D eigenvalue weighted by Crippen LogP contribution is -2.49. The number of amides is 1. The van der Waals surface area contributed by atoms with Crippen molar-refractivity contribution in [2.75, 3.05) is 31.1 Å². The second kappa shape index (κ2) is 5.96. The predicted molar refractivity (Wildman–Crippen MR) is 90.6 cm³/mol. The number of aromatic amines is 1. The number of carbonyl (C=O) groups is 1. The number of piperazine rings is 1. The Bertz CT molecular complexity index is 850. The topological polar surface area (TPSA) is 52.2 Å². The van der Waals surface area contributed by atoms with E-state index in [0.717, 1.165) is 17.0 Å². The molecule has 3 aromatic rings. The molecule has 1 saturated heterocycles. The molecule has 4 rings (SSSR count). The van der Waals surface area contributed by atoms with Gasteiger partial charge in [-0.1, -0.05) is 18.2 Å². The molecular weight excluding hydrogens is 307 g/mol. The SMILES string of the molecule is O=C(c1cccc(F)c1)N1CCN(c2nc3ccccc3[nH]2)CC1. The number of imidazole rings is 1. The number of hydrogen-bond acceptors (Lipinski definition) is 3. The summed E-state index contributed by atoms with van der Waals surface area (Å²) in [5.41, 5.74) is 2.34. The van der Waals surface area contributed by atoms with Gasteiger partial charge in [-0.2, -0.15) is 0 Å². The summed E-state index contributed by atoms with van der Waals surface area (Å²) >= 11 is 0. The first kappa shape index (κ1) is 14.7. The standard InChI is InChI=1S/C18H17FN4O/c19-14-5-3-4-13(12-14)17(24)22-8-10-23(11-9-22)18-20-15-6-1-2-7-16(15)21-18/h1-7,12H,8-11H2,(H,20,21). The van der Waals surface area contributed by atoms with Gasteiger partial charge in [0.05, 0.1) is 11.0 Å². The van der Waals surface area contributed by atoms with Crippen molar-refractivity contribution in [3.63, 3.8) is 0 Å². The van der Waals surface area contributed by atoms with Crippen LogP contribution in [0.2, 0.25) is 0 Å². The predicted octanol–water partition coefficient (Wildman–Crippen LogP) is 2.66. The molecule has 24 heavy (non-hydrogen) atoms. The number of anilines is 1. The molecule has 0 spiro atoms. The zero-order valence-corrected chi connectivity index (χ0v) is 13.1. The van der Waals surface area contributed by atoms with Crippen molar-refractivity contribution >= 4 is 22.9 Å². The van der Waals surface area contributed by atoms with Crippen LogP contribution in [0.25, 0.3) is 11.0 Å². The van der Waals surface area contributed by atoms with E-state index in [1.165, 1.54) is 12.1 Å². The second-order valence-electron chi connectivity index (χ2n) is 5.87. The smallest absolute Gasteiger partial charge is 0.254 e. The maximum Gasteiger partial charge on any atom is 0.254 e. The minimum Gasteiger partial charge on any atom is -0.339 e. The van der Waals surface area contributed by atoms with Crippen LogP contribution in [0, 0.1) is 5.82 Å². The van der Waals surface area contributed by atoms with E-state index in [1.807, 2.05) is 24.3 Å². The highest BCUT2D eigenvalue weighted by atomic mass is 19.1. The summed E-state index contributed by atoms with van der Waals surface area (Å²) in [6.45, 7) is 2.57. The lowest BCUT2D eigenvalue weighted by atomic mass is 10.2. The van der Waals surface area contributed by atoms with Gasteiger partial charge in [0.15, 0.2) is 0 Å². The average molecular weight is 324 g/mol. The van der Waals surface area contributed by atoms with E-state index >= 15 is 0 Å². The summed E-state index contributed by atoms with van der Waals surface area (Å²) in [5, 5.41) is 0. The Hall–Kier alpha value is -2.89. The molecule has 0 atom stereocenters. The van der Waals surface area contributed by atoms with Crippen LogP contribution in [0.1, 0.15) is 10.4 Å². The molecule has 0 bridgehead atoms. The molecular formula is C18H17FN4O. The van der Waals surface area contributed by atoms with Crippen molar-refractivity contribution in [2.45, 2.75) is 0 Å². The Morgan fingerprint density at radius 2 is 1.83 bits per heavy atom. The molecule has 1 N–H and O–H groups in total. The maximum absolute atomic E-state index is 13.3. The molecule has 0 unspecified atom stereocenters. The van der Waals surface area contributed by atoms with Gasteiger partial charge in [-0.05, 0) is 30.3 Å². The van der Waals surface area contributed by atoms with Crippen LogP contribution in [0.4, 0.5) is 10.3 Å². The van der Waals surface area contributed by atoms with Crippen LogP contribution in [-0.2, 0) is 0 Å². The molecule has 6 heteroatoms. The molecule has 0 aliphatic carbocycles. The van der Waals surface area contributed by atoms with Gasteiger partial charge in [0.2, 0.25) is 5.95 Å². The quantitative estimate of drug-likeness (QED) is 0.788. The Morgan fingerprint density at radius 3 is 2.58 bits per heavy atom. The fourth-order valence-corrected chi connectivity index (χ4v) is 3.01. The van der Waals surface area contributed by atoms with E-state index in [1.54, 1.807) is 17.0 Å². The normalized spacial score (nSPS) is 15.0. The number of rotatable bonds is 2. The molecule has 5 nitrogen and oxygen atoms in total. The van der Waals surface area contributed by atoms with E-state index < -0.39 is 0 Å². The van der Waals surface area contributed by atoms with Gasteiger partial charge in [-0.25, -0.2) is 9.37 Å². The summed E-state index contributed by atoms with van der Waals surface area (Å²) in [7, 11) is 0. The molecule has 1 aliphatic rings. The third kappa shape index (κ3) is 2.71. The number of para-hydroxylation sites is 2. The molecule has 1 fully saturated rings. The highest BCUT2D eigenvalue weighted by molar-refractivity contribution is 5.94. The first-order chi connectivity index (χ1) is 11.7. The average Bonchev–Trinajstić information content (AvgIpc) is 3.05. The first-order valence-electron chi connectivity index (χ1n) is 7.95. The van der Waals surface area contributed by atoms with Crippen molar-refractivity contribution in [3.05, 3.63) is 59.9 Å². The Balaban J connectivity index is 1.45. The van der Waals surface area contributed by atoms with Crippen LogP contribution in [0.15, 0.2) is 48.5 Å². The van der Waals surface area contributed by atoms with Gasteiger partial charge < -0.3 is 14.8 Å². The monoisotopic (exact) mass is 324 g/mol.